The molecule has 0 saturated carbocycles. The van der Waals surface area contributed by atoms with Crippen LogP contribution in [0.25, 0.3) is 0 Å². The van der Waals surface area contributed by atoms with Gasteiger partial charge >= 0.3 is 0 Å². The summed E-state index contributed by atoms with van der Waals surface area (Å²) >= 11 is 0. The summed E-state index contributed by atoms with van der Waals surface area (Å²) in [5, 5.41) is 10.3. The lowest BCUT2D eigenvalue weighted by atomic mass is 10.1. The molecule has 2 rings (SSSR count). The van der Waals surface area contributed by atoms with Gasteiger partial charge in [0.25, 0.3) is 5.91 Å². The van der Waals surface area contributed by atoms with Gasteiger partial charge in [-0.25, -0.2) is 0 Å². The number of amides is 1. The molecule has 1 aromatic carbocycles. The molecule has 98 valence electrons. The number of benzene rings is 1. The summed E-state index contributed by atoms with van der Waals surface area (Å²) < 4.78 is 5.13. The zero-order valence-corrected chi connectivity index (χ0v) is 10.5. The molecular formula is C13H14N4O2. The standard InChI is InChI=1S/C13H14N4O2/c1-19-11-6-2-5-10(14)12(11)13(18)15-8-9-4-3-7-16-17-9/h2-7H,8,14H2,1H3,(H,15,18). The highest BCUT2D eigenvalue weighted by Crippen LogP contribution is 2.23. The molecule has 0 aliphatic heterocycles. The Morgan fingerprint density at radius 2 is 2.21 bits per heavy atom. The van der Waals surface area contributed by atoms with E-state index in [1.807, 2.05) is 0 Å². The van der Waals surface area contributed by atoms with Crippen LogP contribution in [0.4, 0.5) is 5.69 Å². The van der Waals surface area contributed by atoms with E-state index in [9.17, 15) is 4.79 Å². The molecular weight excluding hydrogens is 244 g/mol. The maximum Gasteiger partial charge on any atom is 0.257 e. The number of nitrogen functional groups attached to an aromatic ring is 1. The molecule has 1 heterocycles. The molecule has 0 unspecified atom stereocenters. The minimum absolute atomic E-state index is 0.282. The predicted octanol–water partition coefficient (Wildman–Crippen LogP) is 0.997. The highest BCUT2D eigenvalue weighted by molar-refractivity contribution is 6.01. The van der Waals surface area contributed by atoms with Gasteiger partial charge in [-0.15, -0.1) is 0 Å². The average Bonchev–Trinajstić information content (AvgIpc) is 2.45. The summed E-state index contributed by atoms with van der Waals surface area (Å²) in [7, 11) is 1.49. The number of hydrogen-bond acceptors (Lipinski definition) is 5. The number of carbonyl (C=O) groups is 1. The van der Waals surface area contributed by atoms with Crippen molar-refractivity contribution in [3.05, 3.63) is 47.8 Å². The zero-order valence-electron chi connectivity index (χ0n) is 10.5. The van der Waals surface area contributed by atoms with E-state index in [1.165, 1.54) is 7.11 Å². The van der Waals surface area contributed by atoms with Gasteiger partial charge in [-0.3, -0.25) is 4.79 Å². The number of nitrogens with zero attached hydrogens (tertiary/aromatic N) is 2. The monoisotopic (exact) mass is 258 g/mol. The summed E-state index contributed by atoms with van der Waals surface area (Å²) in [5.74, 6) is 0.136. The lowest BCUT2D eigenvalue weighted by Gasteiger charge is -2.11. The Morgan fingerprint density at radius 3 is 2.89 bits per heavy atom. The van der Waals surface area contributed by atoms with Crippen molar-refractivity contribution in [2.75, 3.05) is 12.8 Å². The van der Waals surface area contributed by atoms with Crippen LogP contribution in [0.5, 0.6) is 5.75 Å². The Kier molecular flexibility index (Phi) is 3.92. The second-order valence-corrected chi connectivity index (χ2v) is 3.82. The predicted molar refractivity (Wildman–Crippen MR) is 70.6 cm³/mol. The number of anilines is 1. The number of nitrogens with one attached hydrogen (secondary N) is 1. The van der Waals surface area contributed by atoms with Crippen molar-refractivity contribution < 1.29 is 9.53 Å². The number of nitrogens with two attached hydrogens (primary N) is 1. The van der Waals surface area contributed by atoms with E-state index in [0.717, 1.165) is 0 Å². The van der Waals surface area contributed by atoms with E-state index in [0.29, 0.717) is 22.7 Å². The number of methoxy groups -OCH3 is 1. The fourth-order valence-electron chi connectivity index (χ4n) is 1.65. The first kappa shape index (κ1) is 12.8. The molecule has 1 aromatic heterocycles. The molecule has 6 heteroatoms. The van der Waals surface area contributed by atoms with E-state index < -0.39 is 0 Å². The maximum atomic E-state index is 12.1. The van der Waals surface area contributed by atoms with Gasteiger partial charge in [-0.05, 0) is 24.3 Å². The van der Waals surface area contributed by atoms with Gasteiger partial charge in [0.2, 0.25) is 0 Å². The Labute approximate surface area is 110 Å². The fourth-order valence-corrected chi connectivity index (χ4v) is 1.65. The number of carbonyl (C=O) groups excluding carboxylic acids is 1. The van der Waals surface area contributed by atoms with Crippen LogP contribution >= 0.6 is 0 Å². The maximum absolute atomic E-state index is 12.1. The van der Waals surface area contributed by atoms with Crippen molar-refractivity contribution in [3.63, 3.8) is 0 Å². The molecule has 2 aromatic rings. The van der Waals surface area contributed by atoms with Crippen molar-refractivity contribution >= 4 is 11.6 Å². The fraction of sp³-hybridized carbons (Fsp3) is 0.154. The molecule has 0 spiro atoms. The molecule has 19 heavy (non-hydrogen) atoms. The Morgan fingerprint density at radius 1 is 1.37 bits per heavy atom. The Bertz CT molecular complexity index is 572. The van der Waals surface area contributed by atoms with Gasteiger partial charge in [0.05, 0.1) is 19.3 Å². The number of aromatic nitrogens is 2. The third kappa shape index (κ3) is 2.98. The highest BCUT2D eigenvalue weighted by Gasteiger charge is 2.15. The molecule has 3 N–H and O–H groups in total. The van der Waals surface area contributed by atoms with Gasteiger partial charge < -0.3 is 15.8 Å². The van der Waals surface area contributed by atoms with Crippen molar-refractivity contribution in [1.29, 1.82) is 0 Å². The molecule has 6 nitrogen and oxygen atoms in total. The van der Waals surface area contributed by atoms with Crippen molar-refractivity contribution in [3.8, 4) is 5.75 Å². The molecule has 0 aliphatic rings. The second-order valence-electron chi connectivity index (χ2n) is 3.82. The zero-order chi connectivity index (χ0) is 13.7. The van der Waals surface area contributed by atoms with Gasteiger partial charge in [-0.2, -0.15) is 10.2 Å². The van der Waals surface area contributed by atoms with E-state index in [2.05, 4.69) is 15.5 Å². The minimum atomic E-state index is -0.305. The largest absolute Gasteiger partial charge is 0.496 e. The van der Waals surface area contributed by atoms with Crippen LogP contribution in [-0.4, -0.2) is 23.2 Å². The van der Waals surface area contributed by atoms with Gasteiger partial charge in [0.15, 0.2) is 0 Å². The van der Waals surface area contributed by atoms with Gasteiger partial charge in [0.1, 0.15) is 11.3 Å². The van der Waals surface area contributed by atoms with Crippen LogP contribution in [0.1, 0.15) is 16.1 Å². The van der Waals surface area contributed by atoms with E-state index >= 15 is 0 Å². The smallest absolute Gasteiger partial charge is 0.257 e. The summed E-state index contributed by atoms with van der Waals surface area (Å²) in [6, 6.07) is 8.60. The lowest BCUT2D eigenvalue weighted by molar-refractivity contribution is 0.0948. The quantitative estimate of drug-likeness (QED) is 0.798. The second kappa shape index (κ2) is 5.81. The van der Waals surface area contributed by atoms with Crippen LogP contribution < -0.4 is 15.8 Å². The summed E-state index contributed by atoms with van der Waals surface area (Å²) in [4.78, 5) is 12.1. The first-order valence-electron chi connectivity index (χ1n) is 5.69. The van der Waals surface area contributed by atoms with Crippen LogP contribution in [0, 0.1) is 0 Å². The molecule has 0 bridgehead atoms. The van der Waals surface area contributed by atoms with Gasteiger partial charge in [-0.1, -0.05) is 6.07 Å². The molecule has 0 saturated heterocycles. The van der Waals surface area contributed by atoms with E-state index in [-0.39, 0.29) is 12.5 Å². The SMILES string of the molecule is COc1cccc(N)c1C(=O)NCc1cccnn1. The van der Waals surface area contributed by atoms with Crippen LogP contribution in [0.15, 0.2) is 36.5 Å². The Balaban J connectivity index is 2.12. The third-order valence-electron chi connectivity index (χ3n) is 2.56. The summed E-state index contributed by atoms with van der Waals surface area (Å²) in [6.45, 7) is 0.282. The highest BCUT2D eigenvalue weighted by atomic mass is 16.5. The first-order chi connectivity index (χ1) is 9.22. The normalized spacial score (nSPS) is 9.95. The van der Waals surface area contributed by atoms with E-state index in [1.54, 1.807) is 36.5 Å². The first-order valence-corrected chi connectivity index (χ1v) is 5.69. The van der Waals surface area contributed by atoms with Gasteiger partial charge in [0, 0.05) is 11.9 Å². The van der Waals surface area contributed by atoms with Crippen LogP contribution in [0.2, 0.25) is 0 Å². The summed E-state index contributed by atoms with van der Waals surface area (Å²) in [6.07, 6.45) is 1.57. The van der Waals surface area contributed by atoms with Crippen LogP contribution in [0.3, 0.4) is 0 Å². The van der Waals surface area contributed by atoms with Crippen LogP contribution in [-0.2, 0) is 6.54 Å². The molecule has 0 fully saturated rings. The Hall–Kier alpha value is -2.63. The lowest BCUT2D eigenvalue weighted by Crippen LogP contribution is -2.25. The molecule has 0 radical (unpaired) electrons. The minimum Gasteiger partial charge on any atom is -0.496 e. The molecule has 1 amide bonds. The topological polar surface area (TPSA) is 90.1 Å². The summed E-state index contributed by atoms with van der Waals surface area (Å²) in [5.41, 5.74) is 7.17. The van der Waals surface area contributed by atoms with Crippen molar-refractivity contribution in [2.45, 2.75) is 6.54 Å². The number of ether oxygens (including phenoxy) is 1. The number of rotatable bonds is 4. The van der Waals surface area contributed by atoms with Crippen molar-refractivity contribution in [2.24, 2.45) is 0 Å². The molecule has 0 aliphatic carbocycles. The number of hydrogen-bond donors (Lipinski definition) is 2. The molecule has 0 atom stereocenters. The average molecular weight is 258 g/mol. The van der Waals surface area contributed by atoms with E-state index in [4.69, 9.17) is 10.5 Å². The van der Waals surface area contributed by atoms with Crippen molar-refractivity contribution in [1.82, 2.24) is 15.5 Å². The third-order valence-corrected chi connectivity index (χ3v) is 2.56.